The molecule has 3 rings (SSSR count). The van der Waals surface area contributed by atoms with Crippen LogP contribution in [-0.4, -0.2) is 34.2 Å². The third-order valence-corrected chi connectivity index (χ3v) is 4.43. The van der Waals surface area contributed by atoms with Crippen molar-refractivity contribution in [1.82, 2.24) is 9.47 Å². The summed E-state index contributed by atoms with van der Waals surface area (Å²) in [4.78, 5) is 26.3. The lowest BCUT2D eigenvalue weighted by Gasteiger charge is -2.20. The van der Waals surface area contributed by atoms with Crippen molar-refractivity contribution in [2.45, 2.75) is 39.2 Å². The van der Waals surface area contributed by atoms with Crippen molar-refractivity contribution in [1.29, 1.82) is 0 Å². The van der Waals surface area contributed by atoms with Crippen LogP contribution in [0.2, 0.25) is 0 Å². The Labute approximate surface area is 130 Å². The summed E-state index contributed by atoms with van der Waals surface area (Å²) < 4.78 is 1.92. The van der Waals surface area contributed by atoms with Crippen LogP contribution < -0.4 is 0 Å². The molecule has 4 nitrogen and oxygen atoms in total. The molecular weight excluding hydrogens is 276 g/mol. The molecule has 0 radical (unpaired) electrons. The summed E-state index contributed by atoms with van der Waals surface area (Å²) in [6.45, 7) is 3.60. The molecule has 4 heteroatoms. The first-order valence-electron chi connectivity index (χ1n) is 8.03. The summed E-state index contributed by atoms with van der Waals surface area (Å²) in [6.07, 6.45) is 6.44. The van der Waals surface area contributed by atoms with Gasteiger partial charge in [-0.1, -0.05) is 31.0 Å². The van der Waals surface area contributed by atoms with Gasteiger partial charge in [-0.15, -0.1) is 0 Å². The number of carbonyl (C=O) groups is 2. The fourth-order valence-corrected chi connectivity index (χ4v) is 3.22. The minimum Gasteiger partial charge on any atom is -0.341 e. The number of hydrogen-bond donors (Lipinski definition) is 0. The van der Waals surface area contributed by atoms with Crippen molar-refractivity contribution in [3.8, 4) is 0 Å². The summed E-state index contributed by atoms with van der Waals surface area (Å²) in [7, 11) is 0. The minimum absolute atomic E-state index is 0.0390. The van der Waals surface area contributed by atoms with E-state index in [2.05, 4.69) is 0 Å². The lowest BCUT2D eigenvalue weighted by Crippen LogP contribution is -2.34. The Morgan fingerprint density at radius 2 is 1.73 bits per heavy atom. The molecule has 0 saturated carbocycles. The van der Waals surface area contributed by atoms with Crippen molar-refractivity contribution < 1.29 is 9.59 Å². The average molecular weight is 298 g/mol. The fourth-order valence-electron chi connectivity index (χ4n) is 3.22. The van der Waals surface area contributed by atoms with E-state index >= 15 is 0 Å². The Hall–Kier alpha value is -2.10. The SMILES string of the molecule is CC(=O)c1cn(CC(=O)N2CCCCCC2)c2ccccc12. The van der Waals surface area contributed by atoms with Crippen LogP contribution in [0, 0.1) is 0 Å². The Balaban J connectivity index is 1.87. The molecule has 0 N–H and O–H groups in total. The summed E-state index contributed by atoms with van der Waals surface area (Å²) in [5, 5.41) is 0.929. The Morgan fingerprint density at radius 3 is 2.41 bits per heavy atom. The van der Waals surface area contributed by atoms with Crippen molar-refractivity contribution in [3.05, 3.63) is 36.0 Å². The largest absolute Gasteiger partial charge is 0.341 e. The molecule has 0 unspecified atom stereocenters. The van der Waals surface area contributed by atoms with Gasteiger partial charge in [0.1, 0.15) is 6.54 Å². The molecule has 2 aromatic rings. The van der Waals surface area contributed by atoms with Crippen molar-refractivity contribution >= 4 is 22.6 Å². The van der Waals surface area contributed by atoms with Crippen LogP contribution in [0.5, 0.6) is 0 Å². The second kappa shape index (κ2) is 6.34. The van der Waals surface area contributed by atoms with Gasteiger partial charge >= 0.3 is 0 Å². The molecule has 1 aromatic heterocycles. The van der Waals surface area contributed by atoms with Crippen LogP contribution >= 0.6 is 0 Å². The van der Waals surface area contributed by atoms with Gasteiger partial charge in [-0.05, 0) is 25.8 Å². The Bertz CT molecular complexity index is 694. The molecule has 0 aliphatic carbocycles. The molecule has 0 spiro atoms. The van der Waals surface area contributed by atoms with E-state index in [1.54, 1.807) is 6.92 Å². The zero-order chi connectivity index (χ0) is 15.5. The van der Waals surface area contributed by atoms with Crippen LogP contribution in [0.4, 0.5) is 0 Å². The van der Waals surface area contributed by atoms with Crippen molar-refractivity contribution in [2.75, 3.05) is 13.1 Å². The normalized spacial score (nSPS) is 15.8. The third kappa shape index (κ3) is 2.91. The number of fused-ring (bicyclic) bond motifs is 1. The summed E-state index contributed by atoms with van der Waals surface area (Å²) in [6, 6.07) is 7.78. The number of carbonyl (C=O) groups excluding carboxylic acids is 2. The molecule has 0 atom stereocenters. The summed E-state index contributed by atoms with van der Waals surface area (Å²) in [5.41, 5.74) is 1.65. The maximum atomic E-state index is 12.6. The Kier molecular flexibility index (Phi) is 4.27. The second-order valence-electron chi connectivity index (χ2n) is 6.04. The van der Waals surface area contributed by atoms with Gasteiger partial charge in [-0.25, -0.2) is 0 Å². The van der Waals surface area contributed by atoms with E-state index in [1.807, 2.05) is 39.9 Å². The lowest BCUT2D eigenvalue weighted by molar-refractivity contribution is -0.131. The smallest absolute Gasteiger partial charge is 0.242 e. The summed E-state index contributed by atoms with van der Waals surface area (Å²) in [5.74, 6) is 0.190. The number of nitrogens with zero attached hydrogens (tertiary/aromatic N) is 2. The van der Waals surface area contributed by atoms with Gasteiger partial charge < -0.3 is 9.47 Å². The zero-order valence-electron chi connectivity index (χ0n) is 13.0. The monoisotopic (exact) mass is 298 g/mol. The molecule has 0 bridgehead atoms. The number of ketones is 1. The number of benzene rings is 1. The quantitative estimate of drug-likeness (QED) is 0.816. The number of aromatic nitrogens is 1. The maximum absolute atomic E-state index is 12.6. The van der Waals surface area contributed by atoms with E-state index in [0.29, 0.717) is 12.1 Å². The van der Waals surface area contributed by atoms with Gasteiger partial charge in [0, 0.05) is 35.8 Å². The molecule has 116 valence electrons. The molecule has 1 amide bonds. The number of likely N-dealkylation sites (tertiary alicyclic amines) is 1. The third-order valence-electron chi connectivity index (χ3n) is 4.43. The number of rotatable bonds is 3. The molecule has 1 aliphatic rings. The Morgan fingerprint density at radius 1 is 1.05 bits per heavy atom. The first-order valence-corrected chi connectivity index (χ1v) is 8.03. The highest BCUT2D eigenvalue weighted by Gasteiger charge is 2.18. The predicted molar refractivity (Wildman–Crippen MR) is 87.0 cm³/mol. The molecule has 22 heavy (non-hydrogen) atoms. The van der Waals surface area contributed by atoms with E-state index in [4.69, 9.17) is 0 Å². The maximum Gasteiger partial charge on any atom is 0.242 e. The van der Waals surface area contributed by atoms with Crippen LogP contribution in [0.25, 0.3) is 10.9 Å². The van der Waals surface area contributed by atoms with Gasteiger partial charge in [0.2, 0.25) is 5.91 Å². The van der Waals surface area contributed by atoms with Crippen LogP contribution in [0.1, 0.15) is 43.0 Å². The van der Waals surface area contributed by atoms with Crippen molar-refractivity contribution in [3.63, 3.8) is 0 Å². The first-order chi connectivity index (χ1) is 10.7. The van der Waals surface area contributed by atoms with Crippen LogP contribution in [0.15, 0.2) is 30.5 Å². The van der Waals surface area contributed by atoms with Gasteiger partial charge in [0.15, 0.2) is 5.78 Å². The first kappa shape index (κ1) is 14.8. The highest BCUT2D eigenvalue weighted by atomic mass is 16.2. The number of Topliss-reactive ketones (excluding diaryl/α,β-unsaturated/α-hetero) is 1. The van der Waals surface area contributed by atoms with Crippen molar-refractivity contribution in [2.24, 2.45) is 0 Å². The second-order valence-corrected chi connectivity index (χ2v) is 6.04. The van der Waals surface area contributed by atoms with Gasteiger partial charge in [0.25, 0.3) is 0 Å². The van der Waals surface area contributed by atoms with E-state index in [9.17, 15) is 9.59 Å². The van der Waals surface area contributed by atoms with Gasteiger partial charge in [-0.3, -0.25) is 9.59 Å². The number of hydrogen-bond acceptors (Lipinski definition) is 2. The summed E-state index contributed by atoms with van der Waals surface area (Å²) >= 11 is 0. The van der Waals surface area contributed by atoms with Gasteiger partial charge in [0.05, 0.1) is 0 Å². The molecule has 1 aliphatic heterocycles. The van der Waals surface area contributed by atoms with Crippen LogP contribution in [-0.2, 0) is 11.3 Å². The molecule has 1 saturated heterocycles. The van der Waals surface area contributed by atoms with Crippen LogP contribution in [0.3, 0.4) is 0 Å². The predicted octanol–water partition coefficient (Wildman–Crippen LogP) is 3.25. The van der Waals surface area contributed by atoms with E-state index in [1.165, 1.54) is 12.8 Å². The average Bonchev–Trinajstić information content (AvgIpc) is 2.70. The van der Waals surface area contributed by atoms with E-state index in [0.717, 1.165) is 36.8 Å². The fraction of sp³-hybridized carbons (Fsp3) is 0.444. The molecular formula is C18H22N2O2. The van der Waals surface area contributed by atoms with E-state index < -0.39 is 0 Å². The molecule has 1 aromatic carbocycles. The molecule has 2 heterocycles. The molecule has 1 fully saturated rings. The standard InChI is InChI=1S/C18H22N2O2/c1-14(21)16-12-20(17-9-5-4-8-15(16)17)13-18(22)19-10-6-2-3-7-11-19/h4-5,8-9,12H,2-3,6-7,10-11,13H2,1H3. The van der Waals surface area contributed by atoms with E-state index in [-0.39, 0.29) is 11.7 Å². The zero-order valence-corrected chi connectivity index (χ0v) is 13.0. The lowest BCUT2D eigenvalue weighted by atomic mass is 10.1. The number of para-hydroxylation sites is 1. The van der Waals surface area contributed by atoms with Gasteiger partial charge in [-0.2, -0.15) is 0 Å². The highest BCUT2D eigenvalue weighted by molar-refractivity contribution is 6.07. The topological polar surface area (TPSA) is 42.3 Å². The number of amides is 1. The highest BCUT2D eigenvalue weighted by Crippen LogP contribution is 2.22. The minimum atomic E-state index is 0.0390.